The molecule has 0 saturated carbocycles. The summed E-state index contributed by atoms with van der Waals surface area (Å²) in [6, 6.07) is 18.7. The third kappa shape index (κ3) is 3.54. The van der Waals surface area contributed by atoms with Gasteiger partial charge in [0.2, 0.25) is 0 Å². The fourth-order valence-electron chi connectivity index (χ4n) is 4.16. The highest BCUT2D eigenvalue weighted by Crippen LogP contribution is 2.42. The number of rotatable bonds is 4. The van der Waals surface area contributed by atoms with Crippen LogP contribution < -0.4 is 10.2 Å². The van der Waals surface area contributed by atoms with Crippen LogP contribution in [0.4, 0.5) is 10.1 Å². The quantitative estimate of drug-likeness (QED) is 0.439. The van der Waals surface area contributed by atoms with E-state index in [-0.39, 0.29) is 17.9 Å². The number of nitrogens with one attached hydrogen (secondary N) is 1. The van der Waals surface area contributed by atoms with Gasteiger partial charge in [-0.3, -0.25) is 4.98 Å². The van der Waals surface area contributed by atoms with E-state index < -0.39 is 0 Å². The molecule has 2 atom stereocenters. The third-order valence-corrected chi connectivity index (χ3v) is 6.06. The van der Waals surface area contributed by atoms with Crippen LogP contribution >= 0.6 is 12.2 Å². The summed E-state index contributed by atoms with van der Waals surface area (Å²) in [7, 11) is 0. The van der Waals surface area contributed by atoms with E-state index in [0.717, 1.165) is 28.5 Å². The summed E-state index contributed by atoms with van der Waals surface area (Å²) < 4.78 is 16.1. The molecule has 5 nitrogen and oxygen atoms in total. The van der Waals surface area contributed by atoms with Crippen molar-refractivity contribution in [1.82, 2.24) is 19.9 Å². The normalized spacial score (nSPS) is 18.1. The van der Waals surface area contributed by atoms with E-state index in [1.165, 1.54) is 6.07 Å². The minimum Gasteiger partial charge on any atom is -0.351 e. The molecule has 1 N–H and O–H groups in total. The Morgan fingerprint density at radius 1 is 1.00 bits per heavy atom. The Labute approximate surface area is 191 Å². The van der Waals surface area contributed by atoms with Crippen LogP contribution in [0.5, 0.6) is 0 Å². The Morgan fingerprint density at radius 2 is 1.88 bits per heavy atom. The highest BCUT2D eigenvalue weighted by molar-refractivity contribution is 7.80. The first-order chi connectivity index (χ1) is 15.5. The van der Waals surface area contributed by atoms with Crippen LogP contribution in [0.1, 0.15) is 34.6 Å². The Kier molecular flexibility index (Phi) is 5.19. The molecule has 0 amide bonds. The molecule has 0 bridgehead atoms. The molecular weight excluding hydrogens is 421 g/mol. The lowest BCUT2D eigenvalue weighted by atomic mass is 10.0. The molecule has 1 fully saturated rings. The summed E-state index contributed by atoms with van der Waals surface area (Å²) in [6.45, 7) is 3.78. The van der Waals surface area contributed by atoms with Crippen molar-refractivity contribution in [3.8, 4) is 5.82 Å². The second-order valence-electron chi connectivity index (χ2n) is 7.93. The van der Waals surface area contributed by atoms with Gasteiger partial charge in [0.25, 0.3) is 0 Å². The summed E-state index contributed by atoms with van der Waals surface area (Å²) in [6.07, 6.45) is 5.63. The lowest BCUT2D eigenvalue weighted by Crippen LogP contribution is -2.30. The fraction of sp³-hybridized carbons (Fsp3) is 0.160. The van der Waals surface area contributed by atoms with Gasteiger partial charge in [-0.15, -0.1) is 0 Å². The number of pyridine rings is 2. The summed E-state index contributed by atoms with van der Waals surface area (Å²) in [4.78, 5) is 11.3. The number of hydrogen-bond acceptors (Lipinski definition) is 3. The zero-order valence-electron chi connectivity index (χ0n) is 17.7. The highest BCUT2D eigenvalue weighted by atomic mass is 32.1. The molecule has 0 radical (unpaired) electrons. The van der Waals surface area contributed by atoms with Gasteiger partial charge in [-0.1, -0.05) is 12.1 Å². The number of nitrogens with zero attached hydrogens (tertiary/aromatic N) is 4. The monoisotopic (exact) mass is 443 g/mol. The third-order valence-electron chi connectivity index (χ3n) is 5.74. The van der Waals surface area contributed by atoms with Crippen molar-refractivity contribution in [3.05, 3.63) is 108 Å². The molecule has 160 valence electrons. The molecule has 4 heterocycles. The van der Waals surface area contributed by atoms with Gasteiger partial charge in [0.15, 0.2) is 5.11 Å². The fourth-order valence-corrected chi connectivity index (χ4v) is 4.50. The van der Waals surface area contributed by atoms with Crippen molar-refractivity contribution in [2.75, 3.05) is 4.90 Å². The first kappa shape index (κ1) is 20.3. The predicted octanol–water partition coefficient (Wildman–Crippen LogP) is 5.20. The molecule has 32 heavy (non-hydrogen) atoms. The van der Waals surface area contributed by atoms with Crippen molar-refractivity contribution in [1.29, 1.82) is 0 Å². The average Bonchev–Trinajstić information content (AvgIpc) is 3.41. The molecule has 1 aliphatic heterocycles. The van der Waals surface area contributed by atoms with Crippen molar-refractivity contribution >= 4 is 23.0 Å². The summed E-state index contributed by atoms with van der Waals surface area (Å²) in [5, 5.41) is 4.02. The van der Waals surface area contributed by atoms with Gasteiger partial charge in [0.05, 0.1) is 11.7 Å². The van der Waals surface area contributed by atoms with Crippen molar-refractivity contribution in [2.45, 2.75) is 25.9 Å². The van der Waals surface area contributed by atoms with Crippen LogP contribution in [0.15, 0.2) is 79.3 Å². The molecule has 4 aromatic rings. The van der Waals surface area contributed by atoms with Crippen LogP contribution in [0, 0.1) is 19.7 Å². The first-order valence-corrected chi connectivity index (χ1v) is 10.8. The molecule has 1 aliphatic rings. The van der Waals surface area contributed by atoms with E-state index in [4.69, 9.17) is 12.2 Å². The van der Waals surface area contributed by atoms with E-state index >= 15 is 0 Å². The Hall–Kier alpha value is -3.58. The van der Waals surface area contributed by atoms with Gasteiger partial charge >= 0.3 is 0 Å². The summed E-state index contributed by atoms with van der Waals surface area (Å²) in [5.74, 6) is 0.584. The number of hydrogen-bond donors (Lipinski definition) is 1. The molecule has 3 aromatic heterocycles. The van der Waals surface area contributed by atoms with Gasteiger partial charge in [0, 0.05) is 30.0 Å². The highest BCUT2D eigenvalue weighted by Gasteiger charge is 2.42. The van der Waals surface area contributed by atoms with E-state index in [9.17, 15) is 4.39 Å². The lowest BCUT2D eigenvalue weighted by Gasteiger charge is -2.29. The lowest BCUT2D eigenvalue weighted by molar-refractivity contribution is 0.548. The SMILES string of the molecule is Cc1ccc(-n2cccc2[C@@H]2[C@@H](c3ccccn3)NC(=S)N2c2ccc(F)c(C)c2)nc1. The van der Waals surface area contributed by atoms with Crippen LogP contribution in [0.25, 0.3) is 5.82 Å². The van der Waals surface area contributed by atoms with Crippen LogP contribution in [0.3, 0.4) is 0 Å². The van der Waals surface area contributed by atoms with Gasteiger partial charge < -0.3 is 14.8 Å². The maximum atomic E-state index is 14.0. The second kappa shape index (κ2) is 8.16. The van der Waals surface area contributed by atoms with Crippen molar-refractivity contribution in [2.24, 2.45) is 0 Å². The van der Waals surface area contributed by atoms with E-state index in [1.54, 1.807) is 19.2 Å². The zero-order chi connectivity index (χ0) is 22.2. The van der Waals surface area contributed by atoms with E-state index in [0.29, 0.717) is 10.7 Å². The smallest absolute Gasteiger partial charge is 0.174 e. The first-order valence-electron chi connectivity index (χ1n) is 10.4. The molecule has 1 saturated heterocycles. The van der Waals surface area contributed by atoms with Gasteiger partial charge in [-0.25, -0.2) is 9.37 Å². The predicted molar refractivity (Wildman–Crippen MR) is 127 cm³/mol. The van der Waals surface area contributed by atoms with E-state index in [2.05, 4.69) is 25.9 Å². The Bertz CT molecular complexity index is 1270. The molecule has 0 unspecified atom stereocenters. The molecule has 1 aromatic carbocycles. The second-order valence-corrected chi connectivity index (χ2v) is 8.31. The molecule has 5 rings (SSSR count). The number of halogens is 1. The molecule has 0 aliphatic carbocycles. The summed E-state index contributed by atoms with van der Waals surface area (Å²) >= 11 is 5.77. The molecular formula is C25H22FN5S. The van der Waals surface area contributed by atoms with Gasteiger partial charge in [-0.2, -0.15) is 0 Å². The van der Waals surface area contributed by atoms with Crippen molar-refractivity contribution < 1.29 is 4.39 Å². The van der Waals surface area contributed by atoms with E-state index in [1.807, 2.05) is 66.7 Å². The number of aryl methyl sites for hydroxylation is 2. The maximum Gasteiger partial charge on any atom is 0.174 e. The zero-order valence-corrected chi connectivity index (χ0v) is 18.6. The molecule has 7 heteroatoms. The number of aromatic nitrogens is 3. The number of thiocarbonyl (C=S) groups is 1. The van der Waals surface area contributed by atoms with Crippen LogP contribution in [0.2, 0.25) is 0 Å². The van der Waals surface area contributed by atoms with Gasteiger partial charge in [0.1, 0.15) is 17.7 Å². The van der Waals surface area contributed by atoms with Crippen molar-refractivity contribution in [3.63, 3.8) is 0 Å². The standard InChI is InChI=1S/C25H22FN5S/c1-16-8-11-22(28-15-16)30-13-5-7-21(30)24-23(20-6-3-4-12-27-20)29-25(32)31(24)18-9-10-19(26)17(2)14-18/h3-15,23-24H,1-2H3,(H,29,32)/t23-,24-/m1/s1. The largest absolute Gasteiger partial charge is 0.351 e. The Morgan fingerprint density at radius 3 is 2.59 bits per heavy atom. The minimum absolute atomic E-state index is 0.187. The topological polar surface area (TPSA) is 46.0 Å². The van der Waals surface area contributed by atoms with Crippen LogP contribution in [-0.4, -0.2) is 19.6 Å². The number of anilines is 1. The number of benzene rings is 1. The average molecular weight is 444 g/mol. The molecule has 0 spiro atoms. The Balaban J connectivity index is 1.67. The maximum absolute atomic E-state index is 14.0. The summed E-state index contributed by atoms with van der Waals surface area (Å²) in [5.41, 5.74) is 4.38. The van der Waals surface area contributed by atoms with Crippen LogP contribution in [-0.2, 0) is 0 Å². The van der Waals surface area contributed by atoms with Gasteiger partial charge in [-0.05, 0) is 85.7 Å². The minimum atomic E-state index is -0.239.